The Bertz CT molecular complexity index is 533. The van der Waals surface area contributed by atoms with Gasteiger partial charge < -0.3 is 15.2 Å². The number of benzene rings is 1. The molecule has 1 aliphatic rings. The number of aliphatic carboxylic acids is 1. The Hall–Kier alpha value is -2.08. The van der Waals surface area contributed by atoms with Crippen LogP contribution in [0.5, 0.6) is 5.75 Å². The van der Waals surface area contributed by atoms with Crippen molar-refractivity contribution in [1.29, 1.82) is 0 Å². The fraction of sp³-hybridized carbons (Fsp3) is 0.500. The van der Waals surface area contributed by atoms with E-state index in [0.717, 1.165) is 17.7 Å². The lowest BCUT2D eigenvalue weighted by atomic mass is 10.2. The maximum absolute atomic E-state index is 11.8. The summed E-state index contributed by atoms with van der Waals surface area (Å²) in [6.45, 7) is 3.56. The van der Waals surface area contributed by atoms with Crippen molar-refractivity contribution in [2.24, 2.45) is 0 Å². The van der Waals surface area contributed by atoms with E-state index in [2.05, 4.69) is 5.32 Å². The number of ether oxygens (including phenoxy) is 1. The summed E-state index contributed by atoms with van der Waals surface area (Å²) in [4.78, 5) is 24.6. The molecule has 1 aliphatic heterocycles. The molecule has 6 nitrogen and oxygen atoms in total. The van der Waals surface area contributed by atoms with Crippen LogP contribution in [0, 0.1) is 6.92 Å². The van der Waals surface area contributed by atoms with Gasteiger partial charge in [0.25, 0.3) is 0 Å². The Balaban J connectivity index is 1.66. The van der Waals surface area contributed by atoms with Gasteiger partial charge in [-0.15, -0.1) is 0 Å². The van der Waals surface area contributed by atoms with E-state index in [-0.39, 0.29) is 12.5 Å². The molecule has 0 bridgehead atoms. The molecule has 1 heterocycles. The highest BCUT2D eigenvalue weighted by atomic mass is 16.5. The van der Waals surface area contributed by atoms with Gasteiger partial charge in [-0.25, -0.2) is 0 Å². The van der Waals surface area contributed by atoms with E-state index in [1.807, 2.05) is 31.2 Å². The molecular formula is C16H22N2O4. The van der Waals surface area contributed by atoms with Crippen molar-refractivity contribution in [2.75, 3.05) is 26.2 Å². The molecule has 6 heteroatoms. The third-order valence-electron chi connectivity index (χ3n) is 3.68. The molecule has 22 heavy (non-hydrogen) atoms. The van der Waals surface area contributed by atoms with Crippen LogP contribution < -0.4 is 10.1 Å². The van der Waals surface area contributed by atoms with Crippen LogP contribution >= 0.6 is 0 Å². The second-order valence-electron chi connectivity index (χ2n) is 5.48. The topological polar surface area (TPSA) is 78.9 Å². The molecule has 120 valence electrons. The SMILES string of the molecule is Cc1cccc(OCCNC(=O)CN2CCC[C@@H]2C(=O)O)c1. The molecule has 0 radical (unpaired) electrons. The number of nitrogens with one attached hydrogen (secondary N) is 1. The molecule has 2 N–H and O–H groups in total. The van der Waals surface area contributed by atoms with Crippen LogP contribution in [0.2, 0.25) is 0 Å². The van der Waals surface area contributed by atoms with Gasteiger partial charge >= 0.3 is 5.97 Å². The molecule has 0 saturated carbocycles. The van der Waals surface area contributed by atoms with Crippen LogP contribution in [0.25, 0.3) is 0 Å². The highest BCUT2D eigenvalue weighted by molar-refractivity contribution is 5.80. The first kappa shape index (κ1) is 16.3. The van der Waals surface area contributed by atoms with Crippen molar-refractivity contribution in [3.63, 3.8) is 0 Å². The van der Waals surface area contributed by atoms with Gasteiger partial charge in [0, 0.05) is 0 Å². The van der Waals surface area contributed by atoms with Gasteiger partial charge in [-0.3, -0.25) is 14.5 Å². The van der Waals surface area contributed by atoms with Crippen LogP contribution in [0.15, 0.2) is 24.3 Å². The zero-order valence-electron chi connectivity index (χ0n) is 12.7. The molecule has 1 atom stereocenters. The molecule has 2 rings (SSSR count). The summed E-state index contributed by atoms with van der Waals surface area (Å²) in [5, 5.41) is 11.8. The Morgan fingerprint density at radius 2 is 2.27 bits per heavy atom. The minimum atomic E-state index is -0.854. The van der Waals surface area contributed by atoms with Gasteiger partial charge in [-0.2, -0.15) is 0 Å². The van der Waals surface area contributed by atoms with Gasteiger partial charge in [-0.05, 0) is 44.0 Å². The van der Waals surface area contributed by atoms with E-state index in [0.29, 0.717) is 26.1 Å². The van der Waals surface area contributed by atoms with E-state index in [1.165, 1.54) is 0 Å². The van der Waals surface area contributed by atoms with Gasteiger partial charge in [-0.1, -0.05) is 12.1 Å². The lowest BCUT2D eigenvalue weighted by Gasteiger charge is -2.20. The summed E-state index contributed by atoms with van der Waals surface area (Å²) in [6, 6.07) is 7.18. The fourth-order valence-corrected chi connectivity index (χ4v) is 2.60. The number of carboxylic acid groups (broad SMARTS) is 1. The number of nitrogens with zero attached hydrogens (tertiary/aromatic N) is 1. The number of hydrogen-bond donors (Lipinski definition) is 2. The van der Waals surface area contributed by atoms with Gasteiger partial charge in [0.2, 0.25) is 5.91 Å². The molecule has 1 saturated heterocycles. The van der Waals surface area contributed by atoms with Crippen LogP contribution in [-0.2, 0) is 9.59 Å². The van der Waals surface area contributed by atoms with E-state index < -0.39 is 12.0 Å². The molecule has 1 aromatic rings. The minimum Gasteiger partial charge on any atom is -0.492 e. The van der Waals surface area contributed by atoms with Crippen LogP contribution in [-0.4, -0.2) is 54.2 Å². The van der Waals surface area contributed by atoms with Crippen LogP contribution in [0.4, 0.5) is 0 Å². The normalized spacial score (nSPS) is 18.1. The summed E-state index contributed by atoms with van der Waals surface area (Å²) >= 11 is 0. The zero-order chi connectivity index (χ0) is 15.9. The Labute approximate surface area is 130 Å². The Kier molecular flexibility index (Phi) is 5.77. The standard InChI is InChI=1S/C16H22N2O4/c1-12-4-2-5-13(10-12)22-9-7-17-15(19)11-18-8-3-6-14(18)16(20)21/h2,4-5,10,14H,3,6-9,11H2,1H3,(H,17,19)(H,20,21)/t14-/m1/s1. The second kappa shape index (κ2) is 7.79. The van der Waals surface area contributed by atoms with E-state index >= 15 is 0 Å². The largest absolute Gasteiger partial charge is 0.492 e. The first-order chi connectivity index (χ1) is 10.6. The van der Waals surface area contributed by atoms with Crippen molar-refractivity contribution in [1.82, 2.24) is 10.2 Å². The van der Waals surface area contributed by atoms with E-state index in [9.17, 15) is 9.59 Å². The van der Waals surface area contributed by atoms with Crippen molar-refractivity contribution in [3.05, 3.63) is 29.8 Å². The average molecular weight is 306 g/mol. The van der Waals surface area contributed by atoms with E-state index in [1.54, 1.807) is 4.90 Å². The molecule has 1 amide bonds. The molecule has 0 aromatic heterocycles. The maximum Gasteiger partial charge on any atom is 0.320 e. The molecular weight excluding hydrogens is 284 g/mol. The number of rotatable bonds is 7. The number of aryl methyl sites for hydroxylation is 1. The predicted molar refractivity (Wildman–Crippen MR) is 81.9 cm³/mol. The summed E-state index contributed by atoms with van der Waals surface area (Å²) in [7, 11) is 0. The van der Waals surface area contributed by atoms with Crippen LogP contribution in [0.3, 0.4) is 0 Å². The third-order valence-corrected chi connectivity index (χ3v) is 3.68. The second-order valence-corrected chi connectivity index (χ2v) is 5.48. The predicted octanol–water partition coefficient (Wildman–Crippen LogP) is 1.04. The zero-order valence-corrected chi connectivity index (χ0v) is 12.7. The highest BCUT2D eigenvalue weighted by Crippen LogP contribution is 2.16. The first-order valence-electron chi connectivity index (χ1n) is 7.49. The maximum atomic E-state index is 11.8. The summed E-state index contributed by atoms with van der Waals surface area (Å²) < 4.78 is 5.54. The lowest BCUT2D eigenvalue weighted by Crippen LogP contribution is -2.43. The molecule has 1 fully saturated rings. The quantitative estimate of drug-likeness (QED) is 0.736. The molecule has 0 unspecified atom stereocenters. The van der Waals surface area contributed by atoms with Crippen molar-refractivity contribution in [2.45, 2.75) is 25.8 Å². The molecule has 0 spiro atoms. The highest BCUT2D eigenvalue weighted by Gasteiger charge is 2.31. The Morgan fingerprint density at radius 3 is 3.00 bits per heavy atom. The average Bonchev–Trinajstić information content (AvgIpc) is 2.92. The molecule has 1 aromatic carbocycles. The summed E-state index contributed by atoms with van der Waals surface area (Å²) in [5.41, 5.74) is 1.12. The fourth-order valence-electron chi connectivity index (χ4n) is 2.60. The number of carbonyl (C=O) groups is 2. The van der Waals surface area contributed by atoms with Gasteiger partial charge in [0.05, 0.1) is 13.1 Å². The minimum absolute atomic E-state index is 0.126. The van der Waals surface area contributed by atoms with E-state index in [4.69, 9.17) is 9.84 Å². The number of hydrogen-bond acceptors (Lipinski definition) is 4. The van der Waals surface area contributed by atoms with Gasteiger partial charge in [0.1, 0.15) is 18.4 Å². The third kappa shape index (κ3) is 4.73. The van der Waals surface area contributed by atoms with Crippen molar-refractivity contribution >= 4 is 11.9 Å². The monoisotopic (exact) mass is 306 g/mol. The van der Waals surface area contributed by atoms with Gasteiger partial charge in [0.15, 0.2) is 0 Å². The van der Waals surface area contributed by atoms with Crippen molar-refractivity contribution < 1.29 is 19.4 Å². The van der Waals surface area contributed by atoms with Crippen molar-refractivity contribution in [3.8, 4) is 5.75 Å². The number of carbonyl (C=O) groups excluding carboxylic acids is 1. The first-order valence-corrected chi connectivity index (χ1v) is 7.49. The Morgan fingerprint density at radius 1 is 1.45 bits per heavy atom. The smallest absolute Gasteiger partial charge is 0.320 e. The van der Waals surface area contributed by atoms with Crippen LogP contribution in [0.1, 0.15) is 18.4 Å². The molecule has 0 aliphatic carbocycles. The summed E-state index contributed by atoms with van der Waals surface area (Å²) in [5.74, 6) is -0.242. The number of amides is 1. The number of carboxylic acids is 1. The summed E-state index contributed by atoms with van der Waals surface area (Å²) in [6.07, 6.45) is 1.43. The number of likely N-dealkylation sites (tertiary alicyclic amines) is 1. The lowest BCUT2D eigenvalue weighted by molar-refractivity contribution is -0.142.